The molecule has 12 nitrogen and oxygen atoms in total. The Bertz CT molecular complexity index is 1540. The van der Waals surface area contributed by atoms with E-state index in [-0.39, 0.29) is 12.6 Å². The fraction of sp³-hybridized carbons (Fsp3) is 0.438. The maximum atomic E-state index is 13.4. The smallest absolute Gasteiger partial charge is 0.343 e. The summed E-state index contributed by atoms with van der Waals surface area (Å²) in [6.45, 7) is 3.48. The van der Waals surface area contributed by atoms with Crippen molar-refractivity contribution >= 4 is 39.8 Å². The first-order valence-corrected chi connectivity index (χ1v) is 14.8. The first kappa shape index (κ1) is 32.5. The molecule has 2 aromatic heterocycles. The van der Waals surface area contributed by atoms with Crippen LogP contribution < -0.4 is 15.8 Å². The molecule has 0 atom stereocenters. The fourth-order valence-corrected chi connectivity index (χ4v) is 5.04. The molecule has 2 heterocycles. The number of carbonyl (C=O) groups is 2. The second-order valence-electron chi connectivity index (χ2n) is 10.8. The summed E-state index contributed by atoms with van der Waals surface area (Å²) < 4.78 is 17.6. The Morgan fingerprint density at radius 3 is 2.45 bits per heavy atom. The maximum absolute atomic E-state index is 13.4. The lowest BCUT2D eigenvalue weighted by Crippen LogP contribution is -2.41. The Morgan fingerprint density at radius 1 is 0.977 bits per heavy atom. The van der Waals surface area contributed by atoms with Crippen LogP contribution in [-0.4, -0.2) is 97.5 Å². The lowest BCUT2D eigenvalue weighted by atomic mass is 10.2. The van der Waals surface area contributed by atoms with Gasteiger partial charge in [-0.05, 0) is 57.2 Å². The number of hydrogen-bond donors (Lipinski definition) is 2. The predicted molar refractivity (Wildman–Crippen MR) is 171 cm³/mol. The second kappa shape index (κ2) is 15.9. The molecule has 0 fully saturated rings. The van der Waals surface area contributed by atoms with Gasteiger partial charge < -0.3 is 39.6 Å². The van der Waals surface area contributed by atoms with Crippen LogP contribution >= 0.6 is 0 Å². The zero-order chi connectivity index (χ0) is 31.5. The monoisotopic (exact) mass is 605 g/mol. The highest BCUT2D eigenvalue weighted by atomic mass is 16.6. The molecule has 0 bridgehead atoms. The van der Waals surface area contributed by atoms with Gasteiger partial charge in [-0.3, -0.25) is 0 Å². The van der Waals surface area contributed by atoms with Crippen LogP contribution in [0.2, 0.25) is 0 Å². The number of pyridine rings is 1. The summed E-state index contributed by atoms with van der Waals surface area (Å²) in [7, 11) is 7.05. The van der Waals surface area contributed by atoms with Crippen LogP contribution in [0.5, 0.6) is 5.75 Å². The number of methoxy groups -OCH3 is 2. The van der Waals surface area contributed by atoms with Crippen molar-refractivity contribution in [3.05, 3.63) is 59.9 Å². The maximum Gasteiger partial charge on any atom is 0.343 e. The molecule has 0 saturated heterocycles. The normalized spacial score (nSPS) is 11.3. The standard InChI is InChI=1S/C32H43N7O5/c1-37(2)16-7-17-38(32(41)34-21-23-11-13-24(14-12-23)44-22-28(40)43-4)18-8-19-39-27(15-20-42-3)36-29-30(39)25-9-5-6-10-26(25)35-31(29)33/h5-6,9-14H,7-8,15-22H2,1-4H3,(H2,33,35)(H,34,41). The van der Waals surface area contributed by atoms with E-state index in [1.807, 2.05) is 55.4 Å². The first-order chi connectivity index (χ1) is 21.3. The van der Waals surface area contributed by atoms with E-state index in [0.717, 1.165) is 47.2 Å². The quantitative estimate of drug-likeness (QED) is 0.184. The van der Waals surface area contributed by atoms with Crippen LogP contribution in [0.15, 0.2) is 48.5 Å². The largest absolute Gasteiger partial charge is 0.482 e. The summed E-state index contributed by atoms with van der Waals surface area (Å²) >= 11 is 0. The van der Waals surface area contributed by atoms with Crippen molar-refractivity contribution in [3.63, 3.8) is 0 Å². The molecule has 0 spiro atoms. The molecule has 0 aliphatic carbocycles. The Balaban J connectivity index is 1.45. The van der Waals surface area contributed by atoms with Crippen LogP contribution in [-0.2, 0) is 33.8 Å². The van der Waals surface area contributed by atoms with E-state index in [1.54, 1.807) is 19.2 Å². The molecule has 236 valence electrons. The minimum atomic E-state index is -0.447. The van der Waals surface area contributed by atoms with E-state index in [2.05, 4.69) is 24.5 Å². The lowest BCUT2D eigenvalue weighted by molar-refractivity contribution is -0.142. The number of aromatic nitrogens is 3. The van der Waals surface area contributed by atoms with Crippen LogP contribution in [0.3, 0.4) is 0 Å². The van der Waals surface area contributed by atoms with Gasteiger partial charge in [0.25, 0.3) is 0 Å². The number of amides is 2. The molecule has 2 amide bonds. The van der Waals surface area contributed by atoms with E-state index in [0.29, 0.717) is 56.3 Å². The van der Waals surface area contributed by atoms with Crippen LogP contribution in [0.25, 0.3) is 21.9 Å². The van der Waals surface area contributed by atoms with Gasteiger partial charge in [0.1, 0.15) is 17.1 Å². The van der Waals surface area contributed by atoms with Gasteiger partial charge in [0, 0.05) is 45.1 Å². The van der Waals surface area contributed by atoms with E-state index in [9.17, 15) is 9.59 Å². The third-order valence-electron chi connectivity index (χ3n) is 7.30. The number of imidazole rings is 1. The van der Waals surface area contributed by atoms with Crippen molar-refractivity contribution in [2.75, 3.05) is 66.9 Å². The Morgan fingerprint density at radius 2 is 1.73 bits per heavy atom. The van der Waals surface area contributed by atoms with E-state index >= 15 is 0 Å². The third-order valence-corrected chi connectivity index (χ3v) is 7.30. The van der Waals surface area contributed by atoms with E-state index in [4.69, 9.17) is 20.2 Å². The summed E-state index contributed by atoms with van der Waals surface area (Å²) in [5.74, 6) is 1.40. The van der Waals surface area contributed by atoms with Crippen LogP contribution in [0.1, 0.15) is 24.2 Å². The highest BCUT2D eigenvalue weighted by molar-refractivity contribution is 6.06. The van der Waals surface area contributed by atoms with Gasteiger partial charge in [0.2, 0.25) is 0 Å². The van der Waals surface area contributed by atoms with Gasteiger partial charge in [0.15, 0.2) is 12.4 Å². The number of nitrogens with one attached hydrogen (secondary N) is 1. The zero-order valence-electron chi connectivity index (χ0n) is 26.0. The predicted octanol–water partition coefficient (Wildman–Crippen LogP) is 3.46. The average Bonchev–Trinajstić information content (AvgIpc) is 3.40. The van der Waals surface area contributed by atoms with Crippen molar-refractivity contribution in [1.82, 2.24) is 29.7 Å². The van der Waals surface area contributed by atoms with Gasteiger partial charge in [0.05, 0.1) is 24.8 Å². The molecule has 3 N–H and O–H groups in total. The van der Waals surface area contributed by atoms with Gasteiger partial charge in [-0.1, -0.05) is 30.3 Å². The minimum absolute atomic E-state index is 0.122. The molecule has 0 saturated carbocycles. The van der Waals surface area contributed by atoms with E-state index < -0.39 is 5.97 Å². The number of carbonyl (C=O) groups excluding carboxylic acids is 2. The number of ether oxygens (including phenoxy) is 3. The molecular weight excluding hydrogens is 562 g/mol. The summed E-state index contributed by atoms with van der Waals surface area (Å²) in [6, 6.07) is 15.1. The first-order valence-electron chi connectivity index (χ1n) is 14.8. The minimum Gasteiger partial charge on any atom is -0.482 e. The van der Waals surface area contributed by atoms with Gasteiger partial charge in [-0.2, -0.15) is 0 Å². The number of nitrogens with zero attached hydrogens (tertiary/aromatic N) is 5. The number of nitrogen functional groups attached to an aromatic ring is 1. The lowest BCUT2D eigenvalue weighted by Gasteiger charge is -2.24. The van der Waals surface area contributed by atoms with Gasteiger partial charge >= 0.3 is 12.0 Å². The third kappa shape index (κ3) is 8.57. The number of anilines is 1. The second-order valence-corrected chi connectivity index (χ2v) is 10.8. The van der Waals surface area contributed by atoms with Crippen molar-refractivity contribution in [2.24, 2.45) is 0 Å². The van der Waals surface area contributed by atoms with Crippen LogP contribution in [0, 0.1) is 0 Å². The van der Waals surface area contributed by atoms with Gasteiger partial charge in [-0.15, -0.1) is 0 Å². The number of esters is 1. The summed E-state index contributed by atoms with van der Waals surface area (Å²) in [6.07, 6.45) is 2.22. The number of nitrogens with two attached hydrogens (primary N) is 1. The fourth-order valence-electron chi connectivity index (χ4n) is 5.04. The highest BCUT2D eigenvalue weighted by Gasteiger charge is 2.19. The Labute approximate surface area is 258 Å². The molecule has 44 heavy (non-hydrogen) atoms. The molecule has 4 aromatic rings. The molecular formula is C32H43N7O5. The van der Waals surface area contributed by atoms with Crippen molar-refractivity contribution in [1.29, 1.82) is 0 Å². The number of benzene rings is 2. The summed E-state index contributed by atoms with van der Waals surface area (Å²) in [4.78, 5) is 38.1. The number of hydrogen-bond acceptors (Lipinski definition) is 9. The van der Waals surface area contributed by atoms with E-state index in [1.165, 1.54) is 7.11 Å². The Kier molecular flexibility index (Phi) is 11.7. The number of urea groups is 1. The molecule has 2 aromatic carbocycles. The Hall–Kier alpha value is -4.42. The number of para-hydroxylation sites is 1. The average molecular weight is 606 g/mol. The molecule has 0 radical (unpaired) electrons. The highest BCUT2D eigenvalue weighted by Crippen LogP contribution is 2.29. The molecule has 0 aliphatic rings. The topological polar surface area (TPSA) is 137 Å². The van der Waals surface area contributed by atoms with Crippen molar-refractivity contribution in [2.45, 2.75) is 32.4 Å². The zero-order valence-corrected chi connectivity index (χ0v) is 26.0. The van der Waals surface area contributed by atoms with Crippen molar-refractivity contribution < 1.29 is 23.8 Å². The van der Waals surface area contributed by atoms with Gasteiger partial charge in [-0.25, -0.2) is 19.6 Å². The summed E-state index contributed by atoms with van der Waals surface area (Å²) in [5.41, 5.74) is 9.74. The number of fused-ring (bicyclic) bond motifs is 3. The summed E-state index contributed by atoms with van der Waals surface area (Å²) in [5, 5.41) is 4.05. The molecule has 0 unspecified atom stereocenters. The molecule has 12 heteroatoms. The van der Waals surface area contributed by atoms with Crippen LogP contribution in [0.4, 0.5) is 10.6 Å². The molecule has 4 rings (SSSR count). The number of aryl methyl sites for hydroxylation is 1. The number of rotatable bonds is 16. The molecule has 0 aliphatic heterocycles. The SMILES string of the molecule is COCCc1nc2c(N)nc3ccccc3c2n1CCCN(CCCN(C)C)C(=O)NCc1ccc(OCC(=O)OC)cc1. The van der Waals surface area contributed by atoms with Crippen molar-refractivity contribution in [3.8, 4) is 5.75 Å².